The van der Waals surface area contributed by atoms with Crippen LogP contribution in [0.3, 0.4) is 0 Å². The van der Waals surface area contributed by atoms with Gasteiger partial charge in [0.1, 0.15) is 22.5 Å². The fraction of sp³-hybridized carbons (Fsp3) is 0.0714. The van der Waals surface area contributed by atoms with Crippen LogP contribution in [-0.2, 0) is 0 Å². The Bertz CT molecular complexity index is 987. The highest BCUT2D eigenvalue weighted by molar-refractivity contribution is 7.98. The highest BCUT2D eigenvalue weighted by Gasteiger charge is 2.19. The van der Waals surface area contributed by atoms with Crippen LogP contribution < -0.4 is 11.5 Å². The highest BCUT2D eigenvalue weighted by atomic mass is 35.5. The molecule has 0 fully saturated rings. The summed E-state index contributed by atoms with van der Waals surface area (Å²) < 4.78 is 1.45. The van der Waals surface area contributed by atoms with E-state index in [1.165, 1.54) is 16.3 Å². The highest BCUT2D eigenvalue weighted by Crippen LogP contribution is 2.33. The van der Waals surface area contributed by atoms with E-state index in [-0.39, 0.29) is 22.9 Å². The molecule has 3 aromatic rings. The minimum Gasteiger partial charge on any atom is -0.382 e. The van der Waals surface area contributed by atoms with E-state index in [0.29, 0.717) is 21.4 Å². The van der Waals surface area contributed by atoms with Crippen molar-refractivity contribution < 1.29 is 0 Å². The zero-order valence-corrected chi connectivity index (χ0v) is 14.0. The largest absolute Gasteiger partial charge is 0.382 e. The number of aromatic nitrogens is 3. The zero-order valence-electron chi connectivity index (χ0n) is 12.4. The molecule has 0 bridgehead atoms. The van der Waals surface area contributed by atoms with E-state index in [4.69, 9.17) is 23.1 Å². The molecule has 24 heavy (non-hydrogen) atoms. The van der Waals surface area contributed by atoms with Gasteiger partial charge in [0.25, 0.3) is 0 Å². The Hall–Kier alpha value is -2.83. The normalized spacial score (nSPS) is 11.2. The summed E-state index contributed by atoms with van der Waals surface area (Å²) in [6.07, 6.45) is 1.81. The van der Waals surface area contributed by atoms with Gasteiger partial charge in [0.05, 0.1) is 5.69 Å². The zero-order chi connectivity index (χ0) is 17.3. The minimum absolute atomic E-state index is 0.0946. The lowest BCUT2D eigenvalue weighted by Gasteiger charge is -2.05. The monoisotopic (exact) mass is 358 g/mol. The van der Waals surface area contributed by atoms with Gasteiger partial charge in [-0.05, 0) is 30.5 Å². The van der Waals surface area contributed by atoms with Crippen molar-refractivity contribution in [2.45, 2.75) is 5.03 Å². The molecule has 0 saturated carbocycles. The summed E-state index contributed by atoms with van der Waals surface area (Å²) in [6, 6.07) is 8.87. The Morgan fingerprint density at radius 2 is 1.92 bits per heavy atom. The first kappa shape index (κ1) is 16.0. The second kappa shape index (κ2) is 6.35. The van der Waals surface area contributed by atoms with E-state index < -0.39 is 0 Å². The number of hydrogen-bond acceptors (Lipinski definition) is 8. The molecule has 120 valence electrons. The van der Waals surface area contributed by atoms with Gasteiger partial charge in [-0.3, -0.25) is 0 Å². The minimum atomic E-state index is 0.0946. The molecule has 0 amide bonds. The predicted molar refractivity (Wildman–Crippen MR) is 93.9 cm³/mol. The number of nitrogens with two attached hydrogens (primary N) is 2. The Kier molecular flexibility index (Phi) is 4.24. The molecule has 3 rings (SSSR count). The molecule has 0 aliphatic rings. The standard InChI is InChI=1S/C14H11ClN8S/c1-24-14-9(6-16)11(17)19-13-10(12(18)22-23(13)14)21-20-8-4-2-7(15)3-5-8/h2-5H,1H3,(H2,17,19)(H2,18,22). The van der Waals surface area contributed by atoms with E-state index in [9.17, 15) is 5.26 Å². The van der Waals surface area contributed by atoms with Crippen molar-refractivity contribution in [3.8, 4) is 6.07 Å². The molecule has 4 N–H and O–H groups in total. The van der Waals surface area contributed by atoms with Gasteiger partial charge in [0.2, 0.25) is 0 Å². The predicted octanol–water partition coefficient (Wildman–Crippen LogP) is 3.56. The lowest BCUT2D eigenvalue weighted by atomic mass is 10.3. The summed E-state index contributed by atoms with van der Waals surface area (Å²) in [7, 11) is 0. The number of nitrogen functional groups attached to an aromatic ring is 2. The number of thioether (sulfide) groups is 1. The molecule has 2 heterocycles. The van der Waals surface area contributed by atoms with Crippen LogP contribution in [0.4, 0.5) is 23.0 Å². The van der Waals surface area contributed by atoms with Crippen molar-refractivity contribution in [3.05, 3.63) is 34.9 Å². The molecule has 0 atom stereocenters. The van der Waals surface area contributed by atoms with Crippen LogP contribution in [0.5, 0.6) is 0 Å². The first-order chi connectivity index (χ1) is 11.5. The van der Waals surface area contributed by atoms with E-state index in [2.05, 4.69) is 20.3 Å². The first-order valence-corrected chi connectivity index (χ1v) is 8.24. The van der Waals surface area contributed by atoms with Crippen molar-refractivity contribution in [3.63, 3.8) is 0 Å². The third-order valence-electron chi connectivity index (χ3n) is 3.15. The van der Waals surface area contributed by atoms with Crippen LogP contribution in [0.25, 0.3) is 5.65 Å². The average molecular weight is 359 g/mol. The van der Waals surface area contributed by atoms with Crippen molar-refractivity contribution >= 4 is 52.0 Å². The van der Waals surface area contributed by atoms with Gasteiger partial charge in [-0.2, -0.15) is 10.4 Å². The molecular formula is C14H11ClN8S. The molecule has 10 heteroatoms. The molecule has 0 unspecified atom stereocenters. The lowest BCUT2D eigenvalue weighted by molar-refractivity contribution is 0.845. The summed E-state index contributed by atoms with van der Waals surface area (Å²) >= 11 is 7.15. The maximum atomic E-state index is 9.23. The van der Waals surface area contributed by atoms with Gasteiger partial charge in [0.15, 0.2) is 17.2 Å². The number of azo groups is 1. The van der Waals surface area contributed by atoms with Gasteiger partial charge in [-0.1, -0.05) is 11.6 Å². The number of rotatable bonds is 3. The van der Waals surface area contributed by atoms with Crippen LogP contribution in [0.15, 0.2) is 39.5 Å². The van der Waals surface area contributed by atoms with E-state index in [1.807, 2.05) is 12.3 Å². The van der Waals surface area contributed by atoms with Crippen molar-refractivity contribution in [1.82, 2.24) is 14.6 Å². The first-order valence-electron chi connectivity index (χ1n) is 6.64. The number of hydrogen-bond donors (Lipinski definition) is 2. The lowest BCUT2D eigenvalue weighted by Crippen LogP contribution is -2.04. The second-order valence-corrected chi connectivity index (χ2v) is 5.87. The molecular weight excluding hydrogens is 348 g/mol. The van der Waals surface area contributed by atoms with Gasteiger partial charge >= 0.3 is 0 Å². The molecule has 0 saturated heterocycles. The van der Waals surface area contributed by atoms with Crippen LogP contribution in [0.1, 0.15) is 5.56 Å². The number of anilines is 2. The summed E-state index contributed by atoms with van der Waals surface area (Å²) in [5.41, 5.74) is 13.3. The average Bonchev–Trinajstić information content (AvgIpc) is 2.88. The Morgan fingerprint density at radius 1 is 1.21 bits per heavy atom. The van der Waals surface area contributed by atoms with Gasteiger partial charge in [-0.15, -0.1) is 22.0 Å². The molecule has 1 aromatic carbocycles. The summed E-state index contributed by atoms with van der Waals surface area (Å²) in [5, 5.41) is 22.8. The quantitative estimate of drug-likeness (QED) is 0.418. The Labute approximate surface area is 146 Å². The maximum Gasteiger partial charge on any atom is 0.188 e. The van der Waals surface area contributed by atoms with Crippen LogP contribution in [0.2, 0.25) is 5.02 Å². The van der Waals surface area contributed by atoms with Crippen molar-refractivity contribution in [1.29, 1.82) is 5.26 Å². The smallest absolute Gasteiger partial charge is 0.188 e. The van der Waals surface area contributed by atoms with E-state index in [0.717, 1.165) is 0 Å². The van der Waals surface area contributed by atoms with Gasteiger partial charge in [0, 0.05) is 5.02 Å². The van der Waals surface area contributed by atoms with E-state index >= 15 is 0 Å². The fourth-order valence-corrected chi connectivity index (χ4v) is 2.83. The Balaban J connectivity index is 2.15. The number of benzene rings is 1. The second-order valence-electron chi connectivity index (χ2n) is 4.64. The number of fused-ring (bicyclic) bond motifs is 1. The number of nitrogens with zero attached hydrogens (tertiary/aromatic N) is 6. The Morgan fingerprint density at radius 3 is 2.54 bits per heavy atom. The van der Waals surface area contributed by atoms with Crippen LogP contribution in [-0.4, -0.2) is 20.9 Å². The van der Waals surface area contributed by atoms with Gasteiger partial charge < -0.3 is 11.5 Å². The summed E-state index contributed by atoms with van der Waals surface area (Å²) in [6.45, 7) is 0. The summed E-state index contributed by atoms with van der Waals surface area (Å²) in [4.78, 5) is 4.19. The fourth-order valence-electron chi connectivity index (χ4n) is 2.05. The third-order valence-corrected chi connectivity index (χ3v) is 4.16. The topological polar surface area (TPSA) is 131 Å². The molecule has 2 aromatic heterocycles. The number of nitriles is 1. The van der Waals surface area contributed by atoms with Crippen molar-refractivity contribution in [2.24, 2.45) is 10.2 Å². The van der Waals surface area contributed by atoms with Crippen LogP contribution >= 0.6 is 23.4 Å². The molecule has 0 aliphatic carbocycles. The third kappa shape index (κ3) is 2.73. The number of halogens is 1. The maximum absolute atomic E-state index is 9.23. The van der Waals surface area contributed by atoms with Crippen molar-refractivity contribution in [2.75, 3.05) is 17.7 Å². The van der Waals surface area contributed by atoms with Gasteiger partial charge in [-0.25, -0.2) is 9.50 Å². The summed E-state index contributed by atoms with van der Waals surface area (Å²) in [5.74, 6) is 0.238. The van der Waals surface area contributed by atoms with Crippen LogP contribution in [0, 0.1) is 11.3 Å². The SMILES string of the molecule is CSc1c(C#N)c(N)nc2c(N=Nc3ccc(Cl)cc3)c(N)nn12. The molecule has 8 nitrogen and oxygen atoms in total. The molecule has 0 radical (unpaired) electrons. The molecule has 0 spiro atoms. The van der Waals surface area contributed by atoms with E-state index in [1.54, 1.807) is 24.3 Å². The molecule has 0 aliphatic heterocycles.